The minimum absolute atomic E-state index is 0.00850. The van der Waals surface area contributed by atoms with Crippen LogP contribution in [0.15, 0.2) is 77.7 Å². The number of carbonyl (C=O) groups is 2. The molecule has 0 spiro atoms. The highest BCUT2D eigenvalue weighted by molar-refractivity contribution is 7.92. The molecule has 3 aromatic carbocycles. The average molecular weight is 602 g/mol. The van der Waals surface area contributed by atoms with Crippen molar-refractivity contribution in [3.05, 3.63) is 83.4 Å². The van der Waals surface area contributed by atoms with Crippen LogP contribution in [0.4, 0.5) is 5.69 Å². The third kappa shape index (κ3) is 7.92. The van der Waals surface area contributed by atoms with Gasteiger partial charge in [0.2, 0.25) is 11.8 Å². The smallest absolute Gasteiger partial charge is 0.264 e. The van der Waals surface area contributed by atoms with Gasteiger partial charge in [0.25, 0.3) is 10.0 Å². The molecule has 0 bridgehead atoms. The largest absolute Gasteiger partial charge is 0.497 e. The first kappa shape index (κ1) is 31.8. The van der Waals surface area contributed by atoms with Crippen LogP contribution < -0.4 is 19.1 Å². The highest BCUT2D eigenvalue weighted by Crippen LogP contribution is 2.32. The third-order valence-corrected chi connectivity index (χ3v) is 8.56. The lowest BCUT2D eigenvalue weighted by Crippen LogP contribution is -2.52. The van der Waals surface area contributed by atoms with Gasteiger partial charge in [0.1, 0.15) is 24.1 Å². The van der Waals surface area contributed by atoms with Gasteiger partial charge >= 0.3 is 0 Å². The van der Waals surface area contributed by atoms with Crippen molar-refractivity contribution in [3.63, 3.8) is 0 Å². The first-order chi connectivity index (χ1) is 19.7. The van der Waals surface area contributed by atoms with Crippen molar-refractivity contribution in [1.29, 1.82) is 0 Å². The van der Waals surface area contributed by atoms with E-state index in [0.717, 1.165) is 16.3 Å². The summed E-state index contributed by atoms with van der Waals surface area (Å²) in [6.45, 7) is 3.73. The summed E-state index contributed by atoms with van der Waals surface area (Å²) in [6.07, 6.45) is 1.06. The second-order valence-electron chi connectivity index (χ2n) is 9.23. The van der Waals surface area contributed by atoms with Gasteiger partial charge in [0.15, 0.2) is 0 Å². The van der Waals surface area contributed by atoms with Crippen molar-refractivity contribution < 1.29 is 27.5 Å². The van der Waals surface area contributed by atoms with E-state index in [2.05, 4.69) is 5.32 Å². The zero-order valence-electron chi connectivity index (χ0n) is 23.7. The molecule has 3 rings (SSSR count). The van der Waals surface area contributed by atoms with Crippen LogP contribution in [0, 0.1) is 0 Å². The minimum Gasteiger partial charge on any atom is -0.497 e. The van der Waals surface area contributed by atoms with Gasteiger partial charge in [-0.2, -0.15) is 0 Å². The van der Waals surface area contributed by atoms with Crippen LogP contribution in [-0.2, 0) is 26.2 Å². The van der Waals surface area contributed by atoms with Gasteiger partial charge in [-0.15, -0.1) is 0 Å². The van der Waals surface area contributed by atoms with E-state index in [1.54, 1.807) is 49.6 Å². The van der Waals surface area contributed by atoms with Crippen molar-refractivity contribution in [2.24, 2.45) is 0 Å². The van der Waals surface area contributed by atoms with Gasteiger partial charge < -0.3 is 19.7 Å². The molecular weight excluding hydrogens is 566 g/mol. The van der Waals surface area contributed by atoms with E-state index in [-0.39, 0.29) is 28.1 Å². The van der Waals surface area contributed by atoms with Crippen LogP contribution >= 0.6 is 11.6 Å². The summed E-state index contributed by atoms with van der Waals surface area (Å²) in [7, 11) is -1.19. The topological polar surface area (TPSA) is 105 Å². The fourth-order valence-electron chi connectivity index (χ4n) is 4.27. The molecule has 0 saturated carbocycles. The van der Waals surface area contributed by atoms with Crippen LogP contribution in [0.3, 0.4) is 0 Å². The summed E-state index contributed by atoms with van der Waals surface area (Å²) >= 11 is 6.36. The molecule has 9 nitrogen and oxygen atoms in total. The van der Waals surface area contributed by atoms with E-state index < -0.39 is 28.5 Å². The van der Waals surface area contributed by atoms with Crippen molar-refractivity contribution in [2.45, 2.75) is 44.2 Å². The Balaban J connectivity index is 2.06. The Bertz CT molecular complexity index is 1420. The van der Waals surface area contributed by atoms with Gasteiger partial charge in [-0.05, 0) is 60.9 Å². The van der Waals surface area contributed by atoms with Crippen LogP contribution in [0.25, 0.3) is 0 Å². The fourth-order valence-corrected chi connectivity index (χ4v) is 5.95. The number of halogens is 1. The van der Waals surface area contributed by atoms with Gasteiger partial charge in [0, 0.05) is 13.1 Å². The molecule has 0 aromatic heterocycles. The highest BCUT2D eigenvalue weighted by atomic mass is 35.5. The SMILES string of the molecule is CCCNC(=O)[C@@H](CC)N(Cc1ccc(OC)cc1)C(=O)CN(c1ccc(OC)c(Cl)c1)S(=O)(=O)c1ccccc1. The Morgan fingerprint density at radius 2 is 1.63 bits per heavy atom. The molecule has 11 heteroatoms. The number of methoxy groups -OCH3 is 2. The number of amides is 2. The number of hydrogen-bond acceptors (Lipinski definition) is 6. The lowest BCUT2D eigenvalue weighted by Gasteiger charge is -2.33. The number of ether oxygens (including phenoxy) is 2. The normalized spacial score (nSPS) is 11.8. The van der Waals surface area contributed by atoms with Gasteiger partial charge in [-0.1, -0.05) is 55.8 Å². The summed E-state index contributed by atoms with van der Waals surface area (Å²) in [5, 5.41) is 3.05. The van der Waals surface area contributed by atoms with Crippen molar-refractivity contribution in [2.75, 3.05) is 31.6 Å². The summed E-state index contributed by atoms with van der Waals surface area (Å²) in [6, 6.07) is 18.7. The molecule has 41 heavy (non-hydrogen) atoms. The Hall–Kier alpha value is -3.76. The third-order valence-electron chi connectivity index (χ3n) is 6.48. The standard InChI is InChI=1S/C30H36ClN3O6S/c1-5-18-32-30(36)27(6-2)33(20-22-12-15-24(39-3)16-13-22)29(35)21-34(23-14-17-28(40-4)26(31)19-23)41(37,38)25-10-8-7-9-11-25/h7-17,19,27H,5-6,18,20-21H2,1-4H3,(H,32,36)/t27-/m1/s1. The molecule has 0 radical (unpaired) electrons. The van der Waals surface area contributed by atoms with Gasteiger partial charge in [-0.3, -0.25) is 13.9 Å². The number of carbonyl (C=O) groups excluding carboxylic acids is 2. The summed E-state index contributed by atoms with van der Waals surface area (Å²) in [4.78, 5) is 28.7. The molecule has 0 fully saturated rings. The molecule has 1 atom stereocenters. The van der Waals surface area contributed by atoms with E-state index >= 15 is 0 Å². The van der Waals surface area contributed by atoms with Crippen LogP contribution in [0.5, 0.6) is 11.5 Å². The maximum Gasteiger partial charge on any atom is 0.264 e. The molecule has 0 heterocycles. The second kappa shape index (κ2) is 14.7. The van der Waals surface area contributed by atoms with Gasteiger partial charge in [-0.25, -0.2) is 8.42 Å². The predicted molar refractivity (Wildman–Crippen MR) is 160 cm³/mol. The van der Waals surface area contributed by atoms with E-state index in [1.807, 2.05) is 13.8 Å². The first-order valence-electron chi connectivity index (χ1n) is 13.3. The lowest BCUT2D eigenvalue weighted by atomic mass is 10.1. The Morgan fingerprint density at radius 1 is 0.951 bits per heavy atom. The molecule has 1 N–H and O–H groups in total. The first-order valence-corrected chi connectivity index (χ1v) is 15.1. The van der Waals surface area contributed by atoms with E-state index in [4.69, 9.17) is 21.1 Å². The monoisotopic (exact) mass is 601 g/mol. The van der Waals surface area contributed by atoms with E-state index in [1.165, 1.54) is 42.3 Å². The minimum atomic E-state index is -4.20. The maximum atomic E-state index is 14.1. The van der Waals surface area contributed by atoms with Crippen molar-refractivity contribution >= 4 is 39.1 Å². The van der Waals surface area contributed by atoms with E-state index in [0.29, 0.717) is 24.5 Å². The molecule has 220 valence electrons. The second-order valence-corrected chi connectivity index (χ2v) is 11.5. The molecule has 0 aliphatic carbocycles. The summed E-state index contributed by atoms with van der Waals surface area (Å²) in [5.41, 5.74) is 0.937. The average Bonchev–Trinajstić information content (AvgIpc) is 2.99. The van der Waals surface area contributed by atoms with Crippen LogP contribution in [-0.4, -0.2) is 58.5 Å². The van der Waals surface area contributed by atoms with Crippen molar-refractivity contribution in [3.8, 4) is 11.5 Å². The maximum absolute atomic E-state index is 14.1. The molecule has 0 unspecified atom stereocenters. The predicted octanol–water partition coefficient (Wildman–Crippen LogP) is 4.89. The molecule has 0 aliphatic heterocycles. The Morgan fingerprint density at radius 3 is 2.20 bits per heavy atom. The molecule has 3 aromatic rings. The zero-order valence-corrected chi connectivity index (χ0v) is 25.2. The highest BCUT2D eigenvalue weighted by Gasteiger charge is 2.33. The molecular formula is C30H36ClN3O6S. The Kier molecular flexibility index (Phi) is 11.4. The van der Waals surface area contributed by atoms with Crippen LogP contribution in [0.1, 0.15) is 32.3 Å². The van der Waals surface area contributed by atoms with Crippen LogP contribution in [0.2, 0.25) is 5.02 Å². The van der Waals surface area contributed by atoms with Gasteiger partial charge in [0.05, 0.1) is 29.8 Å². The summed E-state index contributed by atoms with van der Waals surface area (Å²) in [5.74, 6) is 0.154. The molecule has 0 aliphatic rings. The zero-order chi connectivity index (χ0) is 30.0. The number of anilines is 1. The fraction of sp³-hybridized carbons (Fsp3) is 0.333. The Labute approximate surface area is 247 Å². The van der Waals surface area contributed by atoms with Crippen molar-refractivity contribution in [1.82, 2.24) is 10.2 Å². The number of nitrogens with one attached hydrogen (secondary N) is 1. The number of nitrogens with zero attached hydrogens (tertiary/aromatic N) is 2. The number of hydrogen-bond donors (Lipinski definition) is 1. The molecule has 0 saturated heterocycles. The summed E-state index contributed by atoms with van der Waals surface area (Å²) < 4.78 is 39.3. The quantitative estimate of drug-likeness (QED) is 0.282. The number of benzene rings is 3. The lowest BCUT2D eigenvalue weighted by molar-refractivity contribution is -0.140. The number of sulfonamides is 1. The number of rotatable bonds is 14. The molecule has 2 amide bonds. The van der Waals surface area contributed by atoms with E-state index in [9.17, 15) is 18.0 Å².